The van der Waals surface area contributed by atoms with Gasteiger partial charge in [0, 0.05) is 24.0 Å². The minimum atomic E-state index is 0.00809. The molecule has 3 atom stereocenters. The van der Waals surface area contributed by atoms with Gasteiger partial charge in [-0.3, -0.25) is 4.79 Å². The van der Waals surface area contributed by atoms with Crippen LogP contribution in [0.3, 0.4) is 0 Å². The van der Waals surface area contributed by atoms with Gasteiger partial charge in [-0.25, -0.2) is 0 Å². The number of amides is 1. The Morgan fingerprint density at radius 3 is 2.52 bits per heavy atom. The summed E-state index contributed by atoms with van der Waals surface area (Å²) < 4.78 is 12.2. The van der Waals surface area contributed by atoms with Crippen LogP contribution in [0.15, 0.2) is 48.5 Å². The quantitative estimate of drug-likeness (QED) is 0.494. The van der Waals surface area contributed by atoms with Gasteiger partial charge in [0.1, 0.15) is 5.75 Å². The monoisotopic (exact) mass is 443 g/mol. The molecule has 1 heterocycles. The first kappa shape index (κ1) is 23.6. The van der Waals surface area contributed by atoms with Crippen molar-refractivity contribution in [3.8, 4) is 5.75 Å². The molecule has 0 aliphatic carbocycles. The van der Waals surface area contributed by atoms with Crippen molar-refractivity contribution >= 4 is 17.5 Å². The molecule has 0 bridgehead atoms. The van der Waals surface area contributed by atoms with Crippen molar-refractivity contribution in [1.29, 1.82) is 0 Å². The summed E-state index contributed by atoms with van der Waals surface area (Å²) in [6, 6.07) is 16.1. The molecule has 2 aromatic carbocycles. The van der Waals surface area contributed by atoms with E-state index in [1.807, 2.05) is 44.2 Å². The number of benzene rings is 2. The lowest BCUT2D eigenvalue weighted by Gasteiger charge is -2.39. The van der Waals surface area contributed by atoms with Crippen molar-refractivity contribution in [3.63, 3.8) is 0 Å². The Balaban J connectivity index is 1.71. The zero-order valence-corrected chi connectivity index (χ0v) is 19.8. The lowest BCUT2D eigenvalue weighted by Crippen LogP contribution is -2.34. The van der Waals surface area contributed by atoms with E-state index in [2.05, 4.69) is 32.0 Å². The van der Waals surface area contributed by atoms with E-state index < -0.39 is 0 Å². The first-order valence-corrected chi connectivity index (χ1v) is 11.7. The summed E-state index contributed by atoms with van der Waals surface area (Å²) >= 11 is 6.21. The number of rotatable bonds is 8. The van der Waals surface area contributed by atoms with Crippen LogP contribution >= 0.6 is 11.6 Å². The largest absolute Gasteiger partial charge is 0.484 e. The Morgan fingerprint density at radius 2 is 1.84 bits per heavy atom. The van der Waals surface area contributed by atoms with E-state index in [-0.39, 0.29) is 18.6 Å². The molecule has 0 N–H and O–H groups in total. The summed E-state index contributed by atoms with van der Waals surface area (Å²) in [5.41, 5.74) is 2.35. The van der Waals surface area contributed by atoms with Crippen LogP contribution in [0.5, 0.6) is 5.75 Å². The second-order valence-electron chi connectivity index (χ2n) is 8.58. The fourth-order valence-electron chi connectivity index (χ4n) is 4.42. The third-order valence-corrected chi connectivity index (χ3v) is 6.50. The highest BCUT2D eigenvalue weighted by atomic mass is 35.5. The van der Waals surface area contributed by atoms with Crippen molar-refractivity contribution in [2.24, 2.45) is 11.8 Å². The Kier molecular flexibility index (Phi) is 8.39. The van der Waals surface area contributed by atoms with Crippen LogP contribution < -0.4 is 4.74 Å². The fraction of sp³-hybridized carbons (Fsp3) is 0.500. The highest BCUT2D eigenvalue weighted by molar-refractivity contribution is 6.30. The van der Waals surface area contributed by atoms with Crippen LogP contribution in [0.2, 0.25) is 5.02 Å². The summed E-state index contributed by atoms with van der Waals surface area (Å²) in [4.78, 5) is 14.0. The van der Waals surface area contributed by atoms with Crippen LogP contribution in [0.4, 0.5) is 0 Å². The summed E-state index contributed by atoms with van der Waals surface area (Å²) in [5, 5.41) is 0.768. The van der Waals surface area contributed by atoms with Gasteiger partial charge in [0.2, 0.25) is 0 Å². The Morgan fingerprint density at radius 1 is 1.13 bits per heavy atom. The fourth-order valence-corrected chi connectivity index (χ4v) is 4.61. The van der Waals surface area contributed by atoms with E-state index in [1.54, 1.807) is 4.90 Å². The number of likely N-dealkylation sites (N-methyl/N-ethyl adjacent to an activating group) is 1. The van der Waals surface area contributed by atoms with E-state index in [0.717, 1.165) is 17.0 Å². The highest BCUT2D eigenvalue weighted by Crippen LogP contribution is 2.44. The first-order chi connectivity index (χ1) is 14.9. The Bertz CT molecular complexity index is 865. The molecule has 2 aromatic rings. The lowest BCUT2D eigenvalue weighted by molar-refractivity contribution is -0.132. The summed E-state index contributed by atoms with van der Waals surface area (Å²) in [6.45, 7) is 10.6. The van der Waals surface area contributed by atoms with Crippen LogP contribution in [-0.2, 0) is 9.53 Å². The number of ether oxygens (including phenoxy) is 2. The van der Waals surface area contributed by atoms with Crippen molar-refractivity contribution in [3.05, 3.63) is 64.7 Å². The second-order valence-corrected chi connectivity index (χ2v) is 9.01. The molecule has 0 aromatic heterocycles. The molecule has 4 nitrogen and oxygen atoms in total. The average molecular weight is 444 g/mol. The maximum absolute atomic E-state index is 12.3. The summed E-state index contributed by atoms with van der Waals surface area (Å²) in [6.07, 6.45) is 1.06. The summed E-state index contributed by atoms with van der Waals surface area (Å²) in [7, 11) is 0. The average Bonchev–Trinajstić information content (AvgIpc) is 2.78. The minimum Gasteiger partial charge on any atom is -0.484 e. The Hall–Kier alpha value is -2.04. The lowest BCUT2D eigenvalue weighted by atomic mass is 9.76. The van der Waals surface area contributed by atoms with Crippen molar-refractivity contribution < 1.29 is 14.3 Å². The van der Waals surface area contributed by atoms with Gasteiger partial charge in [-0.15, -0.1) is 0 Å². The van der Waals surface area contributed by atoms with Gasteiger partial charge in [-0.1, -0.05) is 49.7 Å². The van der Waals surface area contributed by atoms with Gasteiger partial charge in [-0.05, 0) is 67.5 Å². The summed E-state index contributed by atoms with van der Waals surface area (Å²) in [5.74, 6) is 1.91. The molecule has 1 fully saturated rings. The van der Waals surface area contributed by atoms with Crippen molar-refractivity contribution in [1.82, 2.24) is 4.90 Å². The van der Waals surface area contributed by atoms with Gasteiger partial charge in [0.05, 0.1) is 12.7 Å². The van der Waals surface area contributed by atoms with E-state index >= 15 is 0 Å². The molecule has 31 heavy (non-hydrogen) atoms. The van der Waals surface area contributed by atoms with Crippen molar-refractivity contribution in [2.45, 2.75) is 46.1 Å². The van der Waals surface area contributed by atoms with Gasteiger partial charge < -0.3 is 14.4 Å². The number of hydrogen-bond acceptors (Lipinski definition) is 3. The highest BCUT2D eigenvalue weighted by Gasteiger charge is 2.35. The normalized spacial score (nSPS) is 21.2. The smallest absolute Gasteiger partial charge is 0.260 e. The molecule has 1 aliphatic heterocycles. The predicted molar refractivity (Wildman–Crippen MR) is 126 cm³/mol. The number of carbonyl (C=O) groups excluding carboxylic acids is 1. The SMILES string of the molecule is CCN(CC)C(=O)COc1cccc([C@@H]2OC[C@@H](c3cccc(Cl)c3)C[C@H]2C(C)C)c1. The van der Waals surface area contributed by atoms with Gasteiger partial charge in [0.15, 0.2) is 6.61 Å². The third-order valence-electron chi connectivity index (χ3n) is 6.26. The minimum absolute atomic E-state index is 0.00809. The molecule has 168 valence electrons. The van der Waals surface area contributed by atoms with Gasteiger partial charge in [0.25, 0.3) is 5.91 Å². The topological polar surface area (TPSA) is 38.8 Å². The standard InChI is InChI=1S/C26H34ClNO3/c1-5-28(6-2)25(29)17-30-23-12-8-10-20(14-23)26-24(18(3)4)15-21(16-31-26)19-9-7-11-22(27)13-19/h7-14,18,21,24,26H,5-6,15-17H2,1-4H3/t21-,24-,26-/m0/s1. The molecule has 1 aliphatic rings. The zero-order chi connectivity index (χ0) is 22.4. The molecular weight excluding hydrogens is 410 g/mol. The number of halogens is 1. The first-order valence-electron chi connectivity index (χ1n) is 11.3. The Labute approximate surface area is 191 Å². The molecule has 5 heteroatoms. The molecule has 3 rings (SSSR count). The maximum atomic E-state index is 12.3. The second kappa shape index (κ2) is 11.0. The van der Waals surface area contributed by atoms with E-state index in [4.69, 9.17) is 21.1 Å². The van der Waals surface area contributed by atoms with E-state index in [0.29, 0.717) is 43.2 Å². The molecular formula is C26H34ClNO3. The zero-order valence-electron chi connectivity index (χ0n) is 19.0. The van der Waals surface area contributed by atoms with Crippen molar-refractivity contribution in [2.75, 3.05) is 26.3 Å². The van der Waals surface area contributed by atoms with Crippen LogP contribution in [0.25, 0.3) is 0 Å². The molecule has 0 spiro atoms. The number of nitrogens with zero attached hydrogens (tertiary/aromatic N) is 1. The van der Waals surface area contributed by atoms with E-state index in [9.17, 15) is 4.79 Å². The third kappa shape index (κ3) is 6.02. The predicted octanol–water partition coefficient (Wildman–Crippen LogP) is 6.10. The van der Waals surface area contributed by atoms with Gasteiger partial charge in [-0.2, -0.15) is 0 Å². The number of carbonyl (C=O) groups is 1. The molecule has 1 amide bonds. The number of hydrogen-bond donors (Lipinski definition) is 0. The van der Waals surface area contributed by atoms with E-state index in [1.165, 1.54) is 5.56 Å². The van der Waals surface area contributed by atoms with Crippen LogP contribution in [0.1, 0.15) is 57.3 Å². The molecule has 0 radical (unpaired) electrons. The maximum Gasteiger partial charge on any atom is 0.260 e. The van der Waals surface area contributed by atoms with Crippen LogP contribution in [-0.4, -0.2) is 37.1 Å². The molecule has 0 saturated carbocycles. The van der Waals surface area contributed by atoms with Gasteiger partial charge >= 0.3 is 0 Å². The molecule has 1 saturated heterocycles. The molecule has 0 unspecified atom stereocenters. The van der Waals surface area contributed by atoms with Crippen LogP contribution in [0, 0.1) is 11.8 Å².